The summed E-state index contributed by atoms with van der Waals surface area (Å²) in [4.78, 5) is 22.5. The Morgan fingerprint density at radius 1 is 1.07 bits per heavy atom. The maximum atomic E-state index is 10.3. The predicted octanol–water partition coefficient (Wildman–Crippen LogP) is 0.0687. The molecule has 14 heavy (non-hydrogen) atoms. The van der Waals surface area contributed by atoms with Crippen LogP contribution in [0.4, 0.5) is 0 Å². The van der Waals surface area contributed by atoms with Gasteiger partial charge in [0.05, 0.1) is 0 Å². The van der Waals surface area contributed by atoms with Crippen molar-refractivity contribution in [3.63, 3.8) is 0 Å². The highest BCUT2D eigenvalue weighted by Gasteiger charge is 2.03. The number of benzene rings is 1. The molecule has 0 saturated carbocycles. The molecule has 3 rings (SSSR count). The number of H-pyrrole nitrogens is 2. The van der Waals surface area contributed by atoms with E-state index >= 15 is 0 Å². The molecule has 0 unspecified atom stereocenters. The fourth-order valence-corrected chi connectivity index (χ4v) is 1.07. The Hall–Kier alpha value is -2.04. The molecule has 0 atom stereocenters. The number of aromatic nitrogens is 3. The zero-order valence-corrected chi connectivity index (χ0v) is 7.57. The quantitative estimate of drug-likeness (QED) is 0.527. The van der Waals surface area contributed by atoms with E-state index in [0.29, 0.717) is 0 Å². The lowest BCUT2D eigenvalue weighted by atomic mass is 9.95. The highest BCUT2D eigenvalue weighted by molar-refractivity contribution is 5.75. The summed E-state index contributed by atoms with van der Waals surface area (Å²) in [5.41, 5.74) is 1.96. The lowest BCUT2D eigenvalue weighted by molar-refractivity contribution is 0.727. The topological polar surface area (TPSA) is 70.7 Å². The highest BCUT2D eigenvalue weighted by Crippen LogP contribution is 2.29. The lowest BCUT2D eigenvalue weighted by Gasteiger charge is -2.10. The van der Waals surface area contributed by atoms with Crippen molar-refractivity contribution in [1.82, 2.24) is 14.8 Å². The molecule has 5 heteroatoms. The second-order valence-electron chi connectivity index (χ2n) is 3.01. The molecule has 2 aliphatic carbocycles. The summed E-state index contributed by atoms with van der Waals surface area (Å²) in [6.07, 6.45) is 0. The van der Waals surface area contributed by atoms with E-state index in [4.69, 9.17) is 0 Å². The van der Waals surface area contributed by atoms with Crippen LogP contribution >= 0.6 is 0 Å². The van der Waals surface area contributed by atoms with Gasteiger partial charge in [-0.2, -0.15) is 0 Å². The Labute approximate surface area is 79.0 Å². The molecule has 0 aliphatic heterocycles. The summed E-state index contributed by atoms with van der Waals surface area (Å²) < 4.78 is 1.07. The van der Waals surface area contributed by atoms with Crippen LogP contribution in [0.1, 0.15) is 0 Å². The first-order valence-electron chi connectivity index (χ1n) is 4.12. The van der Waals surface area contributed by atoms with Crippen molar-refractivity contribution >= 4 is 0 Å². The zero-order valence-electron chi connectivity index (χ0n) is 7.57. The maximum absolute atomic E-state index is 10.3. The number of hydrogen-bond donors (Lipinski definition) is 2. The van der Waals surface area contributed by atoms with Crippen LogP contribution in [0.5, 0.6) is 0 Å². The third kappa shape index (κ3) is 1.39. The minimum absolute atomic E-state index is 0.421. The van der Waals surface area contributed by atoms with Crippen molar-refractivity contribution in [3.05, 3.63) is 45.2 Å². The molecule has 2 aliphatic rings. The molecule has 72 valence electrons. The van der Waals surface area contributed by atoms with Crippen molar-refractivity contribution < 1.29 is 0 Å². The minimum Gasteiger partial charge on any atom is -0.257 e. The molecule has 0 radical (unpaired) electrons. The number of nitrogens with zero attached hydrogens (tertiary/aromatic N) is 1. The van der Waals surface area contributed by atoms with Crippen LogP contribution in [-0.2, 0) is 7.05 Å². The second kappa shape index (κ2) is 3.02. The van der Waals surface area contributed by atoms with Crippen LogP contribution in [0.2, 0.25) is 0 Å². The van der Waals surface area contributed by atoms with Gasteiger partial charge in [-0.05, 0) is 11.1 Å². The first-order valence-corrected chi connectivity index (χ1v) is 4.12. The van der Waals surface area contributed by atoms with Gasteiger partial charge in [0.15, 0.2) is 0 Å². The lowest BCUT2D eigenvalue weighted by Crippen LogP contribution is -2.13. The summed E-state index contributed by atoms with van der Waals surface area (Å²) in [6, 6.07) is 8.48. The van der Waals surface area contributed by atoms with Gasteiger partial charge in [0, 0.05) is 7.05 Å². The molecule has 2 N–H and O–H groups in total. The number of rotatable bonds is 0. The molecule has 5 nitrogen and oxygen atoms in total. The van der Waals surface area contributed by atoms with Crippen molar-refractivity contribution in [3.8, 4) is 11.1 Å². The van der Waals surface area contributed by atoms with Crippen LogP contribution in [0.25, 0.3) is 11.1 Å². The third-order valence-electron chi connectivity index (χ3n) is 2.01. The fraction of sp³-hybridized carbons (Fsp3) is 0.111. The number of hydrogen-bond acceptors (Lipinski definition) is 2. The van der Waals surface area contributed by atoms with Gasteiger partial charge in [0.2, 0.25) is 0 Å². The number of nitrogens with one attached hydrogen (secondary N) is 2. The molecule has 0 amide bonds. The summed E-state index contributed by atoms with van der Waals surface area (Å²) >= 11 is 0. The van der Waals surface area contributed by atoms with Crippen LogP contribution in [0, 0.1) is 0 Å². The van der Waals surface area contributed by atoms with Gasteiger partial charge in [-0.1, -0.05) is 24.3 Å². The van der Waals surface area contributed by atoms with Gasteiger partial charge in [-0.25, -0.2) is 19.4 Å². The Bertz CT molecular complexity index is 523. The zero-order chi connectivity index (χ0) is 10.1. The SMILES string of the molecule is Cn1[nH]c(=O)[nH]c1=O.c1cc2ccc1-2. The Morgan fingerprint density at radius 3 is 1.64 bits per heavy atom. The van der Waals surface area contributed by atoms with E-state index in [1.807, 2.05) is 4.98 Å². The van der Waals surface area contributed by atoms with E-state index in [1.54, 1.807) is 0 Å². The molecule has 0 spiro atoms. The van der Waals surface area contributed by atoms with E-state index in [0.717, 1.165) is 4.68 Å². The predicted molar refractivity (Wildman–Crippen MR) is 52.1 cm³/mol. The van der Waals surface area contributed by atoms with Crippen LogP contribution in [-0.4, -0.2) is 14.8 Å². The van der Waals surface area contributed by atoms with Crippen molar-refractivity contribution in [2.75, 3.05) is 0 Å². The Kier molecular flexibility index (Phi) is 1.85. The van der Waals surface area contributed by atoms with Gasteiger partial charge in [-0.3, -0.25) is 4.98 Å². The molecular formula is C9H9N3O2. The standard InChI is InChI=1S/C6H4.C3H5N3O2/c1-2-6-4-3-5(1)6;1-6-3(8)4-2(7)5-6/h1-4H;1H3,(H2,4,5,7,8). The molecule has 1 heterocycles. The van der Waals surface area contributed by atoms with Gasteiger partial charge < -0.3 is 0 Å². The molecule has 0 fully saturated rings. The second-order valence-corrected chi connectivity index (χ2v) is 3.01. The molecule has 0 bridgehead atoms. The molecular weight excluding hydrogens is 182 g/mol. The average molecular weight is 191 g/mol. The summed E-state index contributed by atoms with van der Waals surface area (Å²) in [5.74, 6) is 0. The van der Waals surface area contributed by atoms with Crippen molar-refractivity contribution in [2.24, 2.45) is 7.05 Å². The van der Waals surface area contributed by atoms with Gasteiger partial charge in [0.1, 0.15) is 0 Å². The normalized spacial score (nSPS) is 10.4. The Morgan fingerprint density at radius 2 is 1.57 bits per heavy atom. The highest BCUT2D eigenvalue weighted by atomic mass is 16.2. The van der Waals surface area contributed by atoms with Crippen molar-refractivity contribution in [2.45, 2.75) is 0 Å². The van der Waals surface area contributed by atoms with E-state index in [2.05, 4.69) is 29.4 Å². The smallest absolute Gasteiger partial charge is 0.257 e. The molecule has 0 aromatic carbocycles. The third-order valence-corrected chi connectivity index (χ3v) is 2.01. The van der Waals surface area contributed by atoms with E-state index in [9.17, 15) is 9.59 Å². The summed E-state index contributed by atoms with van der Waals surface area (Å²) in [6.45, 7) is 0. The summed E-state index contributed by atoms with van der Waals surface area (Å²) in [5, 5.41) is 2.20. The van der Waals surface area contributed by atoms with Gasteiger partial charge in [-0.15, -0.1) is 0 Å². The Balaban J connectivity index is 0.000000110. The minimum atomic E-state index is -0.475. The molecule has 0 saturated heterocycles. The number of aromatic amines is 2. The van der Waals surface area contributed by atoms with Crippen molar-refractivity contribution in [1.29, 1.82) is 0 Å². The van der Waals surface area contributed by atoms with Crippen LogP contribution < -0.4 is 11.4 Å². The summed E-state index contributed by atoms with van der Waals surface area (Å²) in [7, 11) is 1.46. The number of fused-ring (bicyclic) bond motifs is 1. The van der Waals surface area contributed by atoms with E-state index < -0.39 is 11.4 Å². The van der Waals surface area contributed by atoms with Gasteiger partial charge in [0.25, 0.3) is 0 Å². The first kappa shape index (κ1) is 8.55. The number of aryl methyl sites for hydroxylation is 1. The maximum Gasteiger partial charge on any atom is 0.344 e. The first-order chi connectivity index (χ1) is 6.66. The van der Waals surface area contributed by atoms with E-state index in [1.165, 1.54) is 18.2 Å². The van der Waals surface area contributed by atoms with Gasteiger partial charge >= 0.3 is 11.4 Å². The monoisotopic (exact) mass is 191 g/mol. The van der Waals surface area contributed by atoms with E-state index in [-0.39, 0.29) is 0 Å². The van der Waals surface area contributed by atoms with Crippen LogP contribution in [0.15, 0.2) is 33.9 Å². The fourth-order valence-electron chi connectivity index (χ4n) is 1.07. The largest absolute Gasteiger partial charge is 0.344 e. The average Bonchev–Trinajstić information content (AvgIpc) is 2.38. The van der Waals surface area contributed by atoms with Crippen LogP contribution in [0.3, 0.4) is 0 Å². The molecule has 1 aromatic heterocycles. The molecule has 1 aromatic rings.